The van der Waals surface area contributed by atoms with Crippen molar-refractivity contribution in [2.45, 2.75) is 26.3 Å². The van der Waals surface area contributed by atoms with E-state index in [4.69, 9.17) is 0 Å². The van der Waals surface area contributed by atoms with Gasteiger partial charge in [-0.15, -0.1) is 11.3 Å². The second kappa shape index (κ2) is 7.52. The van der Waals surface area contributed by atoms with Crippen molar-refractivity contribution in [3.8, 4) is 0 Å². The molecular weight excluding hydrogens is 240 g/mol. The topological polar surface area (TPSA) is 24.1 Å². The van der Waals surface area contributed by atoms with Gasteiger partial charge in [0.15, 0.2) is 0 Å². The normalized spacial score (nSPS) is 11.2. The molecule has 0 saturated heterocycles. The predicted molar refractivity (Wildman–Crippen MR) is 81.3 cm³/mol. The molecule has 0 radical (unpaired) electrons. The number of fused-ring (bicyclic) bond motifs is 1. The Bertz CT molecular complexity index is 464. The first-order valence-corrected chi connectivity index (χ1v) is 7.66. The van der Waals surface area contributed by atoms with Gasteiger partial charge >= 0.3 is 0 Å². The van der Waals surface area contributed by atoms with Gasteiger partial charge in [-0.1, -0.05) is 25.1 Å². The van der Waals surface area contributed by atoms with Crippen LogP contribution in [0.5, 0.6) is 0 Å². The molecule has 2 N–H and O–H groups in total. The molecule has 1 aromatic carbocycles. The summed E-state index contributed by atoms with van der Waals surface area (Å²) in [5, 5.41) is 10.6. The Kier molecular flexibility index (Phi) is 5.65. The number of benzene rings is 1. The second-order valence-electron chi connectivity index (χ2n) is 4.54. The fourth-order valence-corrected chi connectivity index (χ4v) is 3.00. The summed E-state index contributed by atoms with van der Waals surface area (Å²) in [4.78, 5) is 0. The summed E-state index contributed by atoms with van der Waals surface area (Å²) in [5.41, 5.74) is 1.43. The lowest BCUT2D eigenvalue weighted by atomic mass is 10.2. The zero-order valence-corrected chi connectivity index (χ0v) is 11.9. The van der Waals surface area contributed by atoms with Crippen molar-refractivity contribution in [2.24, 2.45) is 0 Å². The Hall–Kier alpha value is -0.900. The molecule has 1 heterocycles. The van der Waals surface area contributed by atoms with Crippen molar-refractivity contribution < 1.29 is 0 Å². The second-order valence-corrected chi connectivity index (χ2v) is 5.45. The lowest BCUT2D eigenvalue weighted by molar-refractivity contribution is 0.593. The molecule has 2 nitrogen and oxygen atoms in total. The zero-order chi connectivity index (χ0) is 12.6. The number of nitrogens with one attached hydrogen (secondary N) is 2. The predicted octanol–water partition coefficient (Wildman–Crippen LogP) is 3.38. The van der Waals surface area contributed by atoms with E-state index in [0.717, 1.165) is 26.2 Å². The van der Waals surface area contributed by atoms with Crippen molar-refractivity contribution in [2.75, 3.05) is 19.6 Å². The summed E-state index contributed by atoms with van der Waals surface area (Å²) in [7, 11) is 0. The van der Waals surface area contributed by atoms with E-state index in [1.807, 2.05) is 11.3 Å². The van der Waals surface area contributed by atoms with Crippen LogP contribution >= 0.6 is 11.3 Å². The summed E-state index contributed by atoms with van der Waals surface area (Å²) >= 11 is 1.84. The first-order chi connectivity index (χ1) is 8.92. The Morgan fingerprint density at radius 2 is 1.89 bits per heavy atom. The van der Waals surface area contributed by atoms with Gasteiger partial charge in [0.1, 0.15) is 0 Å². The first-order valence-electron chi connectivity index (χ1n) is 6.78. The van der Waals surface area contributed by atoms with Crippen LogP contribution in [-0.4, -0.2) is 19.6 Å². The van der Waals surface area contributed by atoms with Crippen molar-refractivity contribution in [1.29, 1.82) is 0 Å². The van der Waals surface area contributed by atoms with E-state index < -0.39 is 0 Å². The molecule has 18 heavy (non-hydrogen) atoms. The molecule has 3 heteroatoms. The van der Waals surface area contributed by atoms with Crippen LogP contribution in [-0.2, 0) is 6.54 Å². The quantitative estimate of drug-likeness (QED) is 0.713. The minimum atomic E-state index is 0.984. The summed E-state index contributed by atoms with van der Waals surface area (Å²) < 4.78 is 1.39. The van der Waals surface area contributed by atoms with E-state index in [1.54, 1.807) is 0 Å². The van der Waals surface area contributed by atoms with E-state index in [0.29, 0.717) is 0 Å². The maximum atomic E-state index is 3.52. The summed E-state index contributed by atoms with van der Waals surface area (Å²) in [6, 6.07) is 8.63. The fraction of sp³-hybridized carbons (Fsp3) is 0.467. The molecule has 0 aliphatic rings. The van der Waals surface area contributed by atoms with Gasteiger partial charge in [0.25, 0.3) is 0 Å². The van der Waals surface area contributed by atoms with Crippen LogP contribution in [0.2, 0.25) is 0 Å². The number of hydrogen-bond acceptors (Lipinski definition) is 3. The highest BCUT2D eigenvalue weighted by Crippen LogP contribution is 2.25. The molecule has 0 atom stereocenters. The highest BCUT2D eigenvalue weighted by atomic mass is 32.1. The Morgan fingerprint density at radius 3 is 2.78 bits per heavy atom. The molecule has 0 amide bonds. The highest BCUT2D eigenvalue weighted by molar-refractivity contribution is 7.17. The molecule has 98 valence electrons. The molecule has 0 bridgehead atoms. The van der Waals surface area contributed by atoms with Crippen LogP contribution in [0.15, 0.2) is 29.6 Å². The van der Waals surface area contributed by atoms with E-state index in [1.165, 1.54) is 28.5 Å². The number of thiophene rings is 1. The van der Waals surface area contributed by atoms with Crippen molar-refractivity contribution in [3.63, 3.8) is 0 Å². The average molecular weight is 262 g/mol. The van der Waals surface area contributed by atoms with E-state index >= 15 is 0 Å². The Labute approximate surface area is 113 Å². The molecule has 0 aliphatic carbocycles. The lowest BCUT2D eigenvalue weighted by Gasteiger charge is -2.05. The van der Waals surface area contributed by atoms with Crippen LogP contribution in [0.25, 0.3) is 10.1 Å². The van der Waals surface area contributed by atoms with Gasteiger partial charge in [-0.2, -0.15) is 0 Å². The van der Waals surface area contributed by atoms with Gasteiger partial charge in [0.2, 0.25) is 0 Å². The lowest BCUT2D eigenvalue weighted by Crippen LogP contribution is -2.22. The largest absolute Gasteiger partial charge is 0.317 e. The van der Waals surface area contributed by atoms with Crippen molar-refractivity contribution >= 4 is 21.4 Å². The Morgan fingerprint density at radius 1 is 1.06 bits per heavy atom. The van der Waals surface area contributed by atoms with E-state index in [9.17, 15) is 0 Å². The maximum absolute atomic E-state index is 3.52. The monoisotopic (exact) mass is 262 g/mol. The van der Waals surface area contributed by atoms with Crippen LogP contribution in [0.1, 0.15) is 25.3 Å². The number of rotatable bonds is 8. The van der Waals surface area contributed by atoms with Gasteiger partial charge in [-0.05, 0) is 54.9 Å². The maximum Gasteiger partial charge on any atom is 0.0346 e. The molecule has 2 aromatic rings. The minimum absolute atomic E-state index is 0.984. The molecule has 0 aliphatic heterocycles. The molecule has 0 unspecified atom stereocenters. The number of hydrogen-bond donors (Lipinski definition) is 2. The van der Waals surface area contributed by atoms with Crippen LogP contribution in [0.3, 0.4) is 0 Å². The van der Waals surface area contributed by atoms with Gasteiger partial charge < -0.3 is 10.6 Å². The fourth-order valence-electron chi connectivity index (χ4n) is 2.03. The molecule has 2 rings (SSSR count). The van der Waals surface area contributed by atoms with Gasteiger partial charge in [-0.25, -0.2) is 0 Å². The third-order valence-electron chi connectivity index (χ3n) is 3.01. The molecule has 1 aromatic heterocycles. The Balaban J connectivity index is 1.70. The molecular formula is C15H22N2S. The first kappa shape index (κ1) is 13.5. The third kappa shape index (κ3) is 3.80. The summed E-state index contributed by atoms with van der Waals surface area (Å²) in [6.07, 6.45) is 2.41. The highest BCUT2D eigenvalue weighted by Gasteiger charge is 2.01. The standard InChI is InChI=1S/C15H22N2S/c1-2-8-16-9-5-10-17-11-13-12-18-15-7-4-3-6-14(13)15/h3-4,6-7,12,16-17H,2,5,8-11H2,1H3. The van der Waals surface area contributed by atoms with Crippen molar-refractivity contribution in [3.05, 3.63) is 35.2 Å². The zero-order valence-electron chi connectivity index (χ0n) is 11.0. The summed E-state index contributed by atoms with van der Waals surface area (Å²) in [5.74, 6) is 0. The van der Waals surface area contributed by atoms with Gasteiger partial charge in [-0.3, -0.25) is 0 Å². The minimum Gasteiger partial charge on any atom is -0.317 e. The van der Waals surface area contributed by atoms with Crippen LogP contribution in [0, 0.1) is 0 Å². The van der Waals surface area contributed by atoms with E-state index in [2.05, 4.69) is 47.2 Å². The van der Waals surface area contributed by atoms with Crippen LogP contribution in [0.4, 0.5) is 0 Å². The molecule has 0 fully saturated rings. The van der Waals surface area contributed by atoms with Crippen molar-refractivity contribution in [1.82, 2.24) is 10.6 Å². The molecule has 0 spiro atoms. The van der Waals surface area contributed by atoms with E-state index in [-0.39, 0.29) is 0 Å². The third-order valence-corrected chi connectivity index (χ3v) is 4.02. The smallest absolute Gasteiger partial charge is 0.0346 e. The summed E-state index contributed by atoms with van der Waals surface area (Å²) in [6.45, 7) is 6.52. The average Bonchev–Trinajstić information content (AvgIpc) is 2.81. The SMILES string of the molecule is CCCNCCCNCc1csc2ccccc12. The van der Waals surface area contributed by atoms with Crippen LogP contribution < -0.4 is 10.6 Å². The van der Waals surface area contributed by atoms with Gasteiger partial charge in [0.05, 0.1) is 0 Å². The molecule has 0 saturated carbocycles. The van der Waals surface area contributed by atoms with Gasteiger partial charge in [0, 0.05) is 11.2 Å².